The van der Waals surface area contributed by atoms with Crippen molar-refractivity contribution >= 4 is 51.1 Å². The molecule has 0 spiro atoms. The molecule has 3 heteroatoms. The lowest BCUT2D eigenvalue weighted by molar-refractivity contribution is 0.646. The predicted octanol–water partition coefficient (Wildman–Crippen LogP) is 7.06. The number of aryl methyl sites for hydroxylation is 1. The topological polar surface area (TPSA) is 8.17 Å². The number of benzene rings is 5. The summed E-state index contributed by atoms with van der Waals surface area (Å²) in [4.78, 5) is 2.52. The fraction of sp³-hybridized carbons (Fsp3) is 0.158. The standard InChI is InChI=1S/C38H31BN2/c1-38(2)29-16-7-8-18-31(29)39-32-23-22-26(41-33-19-9-6-14-27(33)28-15-10-20-34(28)41)24-36(32)40(25-12-4-3-5-13-25)35-21-11-17-30(38)37(35)39/h3-9,11-14,16-19,21-24H,10,15,20H2,1-2H3. The third-order valence-corrected chi connectivity index (χ3v) is 10.00. The molecule has 41 heavy (non-hydrogen) atoms. The Morgan fingerprint density at radius 1 is 0.634 bits per heavy atom. The summed E-state index contributed by atoms with van der Waals surface area (Å²) in [7, 11) is 0. The molecular formula is C38H31BN2. The zero-order valence-corrected chi connectivity index (χ0v) is 23.6. The van der Waals surface area contributed by atoms with Gasteiger partial charge in [0, 0.05) is 39.2 Å². The number of hydrogen-bond donors (Lipinski definition) is 0. The summed E-state index contributed by atoms with van der Waals surface area (Å²) >= 11 is 0. The number of aromatic nitrogens is 1. The third kappa shape index (κ3) is 3.04. The van der Waals surface area contributed by atoms with Crippen LogP contribution in [0, 0.1) is 0 Å². The van der Waals surface area contributed by atoms with Crippen LogP contribution in [0.1, 0.15) is 42.7 Å². The van der Waals surface area contributed by atoms with Crippen molar-refractivity contribution < 1.29 is 0 Å². The summed E-state index contributed by atoms with van der Waals surface area (Å²) in [6, 6.07) is 43.3. The van der Waals surface area contributed by atoms with E-state index in [2.05, 4.69) is 139 Å². The molecule has 3 aliphatic rings. The van der Waals surface area contributed by atoms with Gasteiger partial charge in [-0.3, -0.25) is 0 Å². The summed E-state index contributed by atoms with van der Waals surface area (Å²) < 4.78 is 2.55. The van der Waals surface area contributed by atoms with E-state index in [1.807, 2.05) is 0 Å². The maximum atomic E-state index is 2.55. The van der Waals surface area contributed by atoms with E-state index < -0.39 is 0 Å². The van der Waals surface area contributed by atoms with Crippen molar-refractivity contribution in [1.29, 1.82) is 0 Å². The molecule has 3 heterocycles. The Kier molecular flexibility index (Phi) is 4.68. The zero-order chi connectivity index (χ0) is 27.3. The first-order chi connectivity index (χ1) is 20.1. The lowest BCUT2D eigenvalue weighted by Gasteiger charge is -2.45. The molecule has 196 valence electrons. The molecule has 0 unspecified atom stereocenters. The number of fused-ring (bicyclic) bond motifs is 7. The highest BCUT2D eigenvalue weighted by atomic mass is 15.2. The molecule has 6 aromatic rings. The molecule has 1 aliphatic carbocycles. The second-order valence-corrected chi connectivity index (χ2v) is 12.4. The largest absolute Gasteiger partial charge is 0.313 e. The van der Waals surface area contributed by atoms with Gasteiger partial charge in [-0.25, -0.2) is 0 Å². The maximum absolute atomic E-state index is 2.55. The molecule has 1 aromatic heterocycles. The fourth-order valence-electron chi connectivity index (χ4n) is 8.26. The third-order valence-electron chi connectivity index (χ3n) is 10.00. The first-order valence-electron chi connectivity index (χ1n) is 15.0. The van der Waals surface area contributed by atoms with Crippen molar-refractivity contribution in [1.82, 2.24) is 4.57 Å². The zero-order valence-electron chi connectivity index (χ0n) is 23.6. The lowest BCUT2D eigenvalue weighted by Crippen LogP contribution is -2.64. The average Bonchev–Trinajstić information content (AvgIpc) is 3.60. The molecule has 0 saturated heterocycles. The van der Waals surface area contributed by atoms with Gasteiger partial charge >= 0.3 is 0 Å². The monoisotopic (exact) mass is 526 g/mol. The van der Waals surface area contributed by atoms with Gasteiger partial charge in [-0.05, 0) is 83.3 Å². The van der Waals surface area contributed by atoms with Crippen LogP contribution in [0.2, 0.25) is 0 Å². The first kappa shape index (κ1) is 23.2. The SMILES string of the molecule is CC1(C)c2ccccc2B2c3ccc(-n4c5c(c6ccccc64)CCC5)cc3N(c3ccccc3)c3cccc1c32. The Hall–Kier alpha value is -4.50. The van der Waals surface area contributed by atoms with E-state index in [1.165, 1.54) is 85.3 Å². The molecule has 0 radical (unpaired) electrons. The van der Waals surface area contributed by atoms with E-state index in [-0.39, 0.29) is 12.1 Å². The van der Waals surface area contributed by atoms with E-state index in [0.717, 1.165) is 6.42 Å². The van der Waals surface area contributed by atoms with Crippen LogP contribution in [0.4, 0.5) is 17.1 Å². The molecule has 0 fully saturated rings. The van der Waals surface area contributed by atoms with Crippen LogP contribution in [0.3, 0.4) is 0 Å². The van der Waals surface area contributed by atoms with Crippen LogP contribution in [-0.4, -0.2) is 11.3 Å². The fourth-order valence-corrected chi connectivity index (χ4v) is 8.26. The Bertz CT molecular complexity index is 2020. The minimum atomic E-state index is -0.0666. The second-order valence-electron chi connectivity index (χ2n) is 12.4. The summed E-state index contributed by atoms with van der Waals surface area (Å²) in [5.41, 5.74) is 16.5. The van der Waals surface area contributed by atoms with Crippen molar-refractivity contribution in [2.45, 2.75) is 38.5 Å². The minimum absolute atomic E-state index is 0.0666. The lowest BCUT2D eigenvalue weighted by atomic mass is 9.30. The van der Waals surface area contributed by atoms with Gasteiger partial charge in [0.05, 0.1) is 5.52 Å². The van der Waals surface area contributed by atoms with Crippen molar-refractivity contribution in [3.05, 3.63) is 138 Å². The molecule has 0 bridgehead atoms. The van der Waals surface area contributed by atoms with Crippen molar-refractivity contribution in [2.24, 2.45) is 0 Å². The number of rotatable bonds is 2. The van der Waals surface area contributed by atoms with Crippen LogP contribution in [0.15, 0.2) is 115 Å². The van der Waals surface area contributed by atoms with E-state index in [4.69, 9.17) is 0 Å². The molecule has 0 saturated carbocycles. The maximum Gasteiger partial charge on any atom is 0.247 e. The Balaban J connectivity index is 1.36. The normalized spacial score (nSPS) is 15.9. The Morgan fingerprint density at radius 3 is 2.32 bits per heavy atom. The average molecular weight is 526 g/mol. The van der Waals surface area contributed by atoms with Gasteiger partial charge in [0.25, 0.3) is 0 Å². The van der Waals surface area contributed by atoms with Crippen LogP contribution >= 0.6 is 0 Å². The molecule has 0 N–H and O–H groups in total. The summed E-state index contributed by atoms with van der Waals surface area (Å²) in [6.07, 6.45) is 3.55. The summed E-state index contributed by atoms with van der Waals surface area (Å²) in [6.45, 7) is 4.99. The number of hydrogen-bond acceptors (Lipinski definition) is 1. The van der Waals surface area contributed by atoms with Crippen molar-refractivity contribution in [3.8, 4) is 5.69 Å². The van der Waals surface area contributed by atoms with Gasteiger partial charge in [-0.2, -0.15) is 0 Å². The van der Waals surface area contributed by atoms with Crippen molar-refractivity contribution in [3.63, 3.8) is 0 Å². The highest BCUT2D eigenvalue weighted by Gasteiger charge is 2.45. The van der Waals surface area contributed by atoms with E-state index in [9.17, 15) is 0 Å². The van der Waals surface area contributed by atoms with Gasteiger partial charge in [0.15, 0.2) is 0 Å². The van der Waals surface area contributed by atoms with Crippen LogP contribution in [0.5, 0.6) is 0 Å². The molecular weight excluding hydrogens is 495 g/mol. The Morgan fingerprint density at radius 2 is 1.41 bits per heavy atom. The van der Waals surface area contributed by atoms with E-state index in [1.54, 1.807) is 0 Å². The number of para-hydroxylation sites is 2. The van der Waals surface area contributed by atoms with Crippen LogP contribution < -0.4 is 21.3 Å². The highest BCUT2D eigenvalue weighted by Crippen LogP contribution is 2.43. The van der Waals surface area contributed by atoms with Crippen LogP contribution in [0.25, 0.3) is 16.6 Å². The smallest absolute Gasteiger partial charge is 0.247 e. The molecule has 9 rings (SSSR count). The van der Waals surface area contributed by atoms with Crippen molar-refractivity contribution in [2.75, 3.05) is 4.90 Å². The summed E-state index contributed by atoms with van der Waals surface area (Å²) in [5, 5.41) is 1.41. The highest BCUT2D eigenvalue weighted by molar-refractivity contribution is 6.99. The van der Waals surface area contributed by atoms with Gasteiger partial charge in [-0.1, -0.05) is 98.2 Å². The quantitative estimate of drug-likeness (QED) is 0.219. The Labute approximate surface area is 242 Å². The number of anilines is 3. The predicted molar refractivity (Wildman–Crippen MR) is 173 cm³/mol. The van der Waals surface area contributed by atoms with Gasteiger partial charge < -0.3 is 9.47 Å². The molecule has 2 aliphatic heterocycles. The molecule has 2 nitrogen and oxygen atoms in total. The number of nitrogens with zero attached hydrogens (tertiary/aromatic N) is 2. The second kappa shape index (κ2) is 8.27. The summed E-state index contributed by atoms with van der Waals surface area (Å²) in [5.74, 6) is 0. The van der Waals surface area contributed by atoms with E-state index in [0.29, 0.717) is 0 Å². The van der Waals surface area contributed by atoms with Gasteiger partial charge in [-0.15, -0.1) is 0 Å². The molecule has 0 atom stereocenters. The van der Waals surface area contributed by atoms with E-state index >= 15 is 0 Å². The van der Waals surface area contributed by atoms with Crippen LogP contribution in [-0.2, 0) is 18.3 Å². The van der Waals surface area contributed by atoms with Gasteiger partial charge in [0.1, 0.15) is 0 Å². The molecule has 0 amide bonds. The minimum Gasteiger partial charge on any atom is -0.313 e. The van der Waals surface area contributed by atoms with Gasteiger partial charge in [0.2, 0.25) is 6.71 Å². The first-order valence-corrected chi connectivity index (χ1v) is 15.0. The molecule has 5 aromatic carbocycles.